The summed E-state index contributed by atoms with van der Waals surface area (Å²) < 4.78 is 27.1. The van der Waals surface area contributed by atoms with E-state index in [2.05, 4.69) is 0 Å². The maximum Gasteiger partial charge on any atom is 0.324 e. The molecular weight excluding hydrogens is 374 g/mol. The molecule has 0 unspecified atom stereocenters. The molecule has 7 heteroatoms. The molecule has 2 N–H and O–H groups in total. The molecule has 0 saturated carbocycles. The predicted octanol–water partition coefficient (Wildman–Crippen LogP) is 3.13. The van der Waals surface area contributed by atoms with Crippen molar-refractivity contribution >= 4 is 5.97 Å². The lowest BCUT2D eigenvalue weighted by Gasteiger charge is -2.27. The van der Waals surface area contributed by atoms with E-state index >= 15 is 0 Å². The highest BCUT2D eigenvalue weighted by molar-refractivity contribution is 5.79. The lowest BCUT2D eigenvalue weighted by Crippen LogP contribution is -2.40. The van der Waals surface area contributed by atoms with E-state index in [0.717, 1.165) is 5.56 Å². The maximum absolute atomic E-state index is 12.7. The third kappa shape index (κ3) is 4.92. The molecule has 2 aromatic carbocycles. The summed E-state index contributed by atoms with van der Waals surface area (Å²) in [5, 5.41) is 0. The fourth-order valence-electron chi connectivity index (χ4n) is 3.21. The van der Waals surface area contributed by atoms with Crippen LogP contribution in [0.5, 0.6) is 23.0 Å². The molecule has 0 radical (unpaired) electrons. The van der Waals surface area contributed by atoms with Crippen LogP contribution in [-0.2, 0) is 9.53 Å². The number of carbonyl (C=O) groups excluding carboxylic acids is 1. The van der Waals surface area contributed by atoms with Crippen LogP contribution in [0, 0.1) is 0 Å². The van der Waals surface area contributed by atoms with E-state index in [1.807, 2.05) is 30.3 Å². The van der Waals surface area contributed by atoms with Crippen molar-refractivity contribution in [1.82, 2.24) is 0 Å². The van der Waals surface area contributed by atoms with Gasteiger partial charge in [-0.25, -0.2) is 0 Å². The number of nitrogens with two attached hydrogens (primary N) is 1. The predicted molar refractivity (Wildman–Crippen MR) is 110 cm³/mol. The average Bonchev–Trinajstić information content (AvgIpc) is 2.73. The Hall–Kier alpha value is -2.93. The molecule has 0 spiro atoms. The van der Waals surface area contributed by atoms with Gasteiger partial charge in [-0.3, -0.25) is 4.79 Å². The Morgan fingerprint density at radius 2 is 1.45 bits per heavy atom. The fourth-order valence-corrected chi connectivity index (χ4v) is 3.21. The molecule has 0 aliphatic carbocycles. The van der Waals surface area contributed by atoms with Gasteiger partial charge in [0.2, 0.25) is 5.75 Å². The van der Waals surface area contributed by atoms with Crippen LogP contribution < -0.4 is 24.7 Å². The van der Waals surface area contributed by atoms with Gasteiger partial charge in [-0.05, 0) is 37.6 Å². The molecular formula is C22H29NO6. The molecule has 29 heavy (non-hydrogen) atoms. The highest BCUT2D eigenvalue weighted by Crippen LogP contribution is 2.45. The molecule has 0 bridgehead atoms. The number of benzene rings is 2. The van der Waals surface area contributed by atoms with Crippen molar-refractivity contribution in [2.24, 2.45) is 5.73 Å². The first-order valence-corrected chi connectivity index (χ1v) is 9.26. The normalized spacial score (nSPS) is 12.8. The number of carbonyl (C=O) groups is 1. The Balaban J connectivity index is 2.65. The fraction of sp³-hybridized carbons (Fsp3) is 0.409. The summed E-state index contributed by atoms with van der Waals surface area (Å²) in [5.41, 5.74) is 7.89. The Bertz CT molecular complexity index is 819. The van der Waals surface area contributed by atoms with Gasteiger partial charge >= 0.3 is 5.97 Å². The van der Waals surface area contributed by atoms with Crippen molar-refractivity contribution in [2.45, 2.75) is 31.9 Å². The van der Waals surface area contributed by atoms with Crippen molar-refractivity contribution < 1.29 is 28.5 Å². The van der Waals surface area contributed by atoms with Gasteiger partial charge in [0.15, 0.2) is 11.5 Å². The van der Waals surface area contributed by atoms with Crippen LogP contribution in [0.25, 0.3) is 0 Å². The summed E-state index contributed by atoms with van der Waals surface area (Å²) in [4.78, 5) is 12.7. The summed E-state index contributed by atoms with van der Waals surface area (Å²) in [5.74, 6) is 1.04. The van der Waals surface area contributed by atoms with Crippen LogP contribution in [0.15, 0.2) is 36.4 Å². The molecule has 2 aromatic rings. The van der Waals surface area contributed by atoms with Crippen molar-refractivity contribution in [3.63, 3.8) is 0 Å². The molecule has 2 rings (SSSR count). The second-order valence-corrected chi connectivity index (χ2v) is 6.69. The van der Waals surface area contributed by atoms with Crippen LogP contribution >= 0.6 is 0 Å². The van der Waals surface area contributed by atoms with E-state index in [1.165, 1.54) is 14.2 Å². The first-order valence-electron chi connectivity index (χ1n) is 9.26. The minimum Gasteiger partial charge on any atom is -0.497 e. The van der Waals surface area contributed by atoms with E-state index in [-0.39, 0.29) is 6.10 Å². The SMILES string of the molecule is COc1ccc([C@@H](c2ccc(OC)c(OC)c2OC)[C@H](N)C(=O)OC(C)C)cc1. The number of hydrogen-bond donors (Lipinski definition) is 1. The molecule has 0 aliphatic heterocycles. The van der Waals surface area contributed by atoms with Crippen molar-refractivity contribution in [1.29, 1.82) is 0 Å². The van der Waals surface area contributed by atoms with E-state index < -0.39 is 17.9 Å². The quantitative estimate of drug-likeness (QED) is 0.644. The Labute approximate surface area is 171 Å². The second kappa shape index (κ2) is 10.0. The van der Waals surface area contributed by atoms with Gasteiger partial charge in [0.25, 0.3) is 0 Å². The van der Waals surface area contributed by atoms with E-state index in [4.69, 9.17) is 29.4 Å². The summed E-state index contributed by atoms with van der Waals surface area (Å²) >= 11 is 0. The van der Waals surface area contributed by atoms with E-state index in [1.54, 1.807) is 34.1 Å². The summed E-state index contributed by atoms with van der Waals surface area (Å²) in [6.07, 6.45) is -0.280. The van der Waals surface area contributed by atoms with Gasteiger partial charge in [0.05, 0.1) is 34.5 Å². The number of methoxy groups -OCH3 is 4. The molecule has 2 atom stereocenters. The molecule has 0 aromatic heterocycles. The average molecular weight is 403 g/mol. The smallest absolute Gasteiger partial charge is 0.324 e. The number of esters is 1. The lowest BCUT2D eigenvalue weighted by atomic mass is 9.84. The van der Waals surface area contributed by atoms with E-state index in [0.29, 0.717) is 28.6 Å². The van der Waals surface area contributed by atoms with Crippen molar-refractivity contribution in [3.8, 4) is 23.0 Å². The van der Waals surface area contributed by atoms with Gasteiger partial charge in [-0.15, -0.1) is 0 Å². The molecule has 0 saturated heterocycles. The lowest BCUT2D eigenvalue weighted by molar-refractivity contribution is -0.149. The molecule has 7 nitrogen and oxygen atoms in total. The topological polar surface area (TPSA) is 89.2 Å². The number of rotatable bonds is 9. The maximum atomic E-state index is 12.7. The minimum atomic E-state index is -0.960. The molecule has 0 aliphatic rings. The Kier molecular flexibility index (Phi) is 7.73. The van der Waals surface area contributed by atoms with Crippen LogP contribution in [0.2, 0.25) is 0 Å². The largest absolute Gasteiger partial charge is 0.497 e. The Morgan fingerprint density at radius 3 is 1.93 bits per heavy atom. The molecule has 0 heterocycles. The zero-order chi connectivity index (χ0) is 21.6. The second-order valence-electron chi connectivity index (χ2n) is 6.69. The van der Waals surface area contributed by atoms with E-state index in [9.17, 15) is 4.79 Å². The van der Waals surface area contributed by atoms with Gasteiger partial charge in [-0.1, -0.05) is 18.2 Å². The van der Waals surface area contributed by atoms with Gasteiger partial charge in [0.1, 0.15) is 11.8 Å². The highest BCUT2D eigenvalue weighted by Gasteiger charge is 2.33. The van der Waals surface area contributed by atoms with Crippen molar-refractivity contribution in [3.05, 3.63) is 47.5 Å². The minimum absolute atomic E-state index is 0.280. The summed E-state index contributed by atoms with van der Waals surface area (Å²) in [6, 6.07) is 9.97. The molecule has 158 valence electrons. The van der Waals surface area contributed by atoms with Crippen LogP contribution in [0.1, 0.15) is 30.9 Å². The highest BCUT2D eigenvalue weighted by atomic mass is 16.5. The van der Waals surface area contributed by atoms with Crippen LogP contribution in [0.4, 0.5) is 0 Å². The first-order chi connectivity index (χ1) is 13.9. The van der Waals surface area contributed by atoms with Crippen LogP contribution in [0.3, 0.4) is 0 Å². The van der Waals surface area contributed by atoms with Crippen molar-refractivity contribution in [2.75, 3.05) is 28.4 Å². The van der Waals surface area contributed by atoms with Crippen LogP contribution in [-0.4, -0.2) is 46.6 Å². The first kappa shape index (κ1) is 22.4. The zero-order valence-corrected chi connectivity index (χ0v) is 17.7. The number of ether oxygens (including phenoxy) is 5. The number of hydrogen-bond acceptors (Lipinski definition) is 7. The zero-order valence-electron chi connectivity index (χ0n) is 17.7. The third-order valence-electron chi connectivity index (χ3n) is 4.53. The van der Waals surface area contributed by atoms with Gasteiger partial charge in [-0.2, -0.15) is 0 Å². The standard InChI is InChI=1S/C22H29NO6/c1-13(2)29-22(24)19(23)18(14-7-9-15(25-3)10-8-14)16-11-12-17(26-4)21(28-6)20(16)27-5/h7-13,18-19H,23H2,1-6H3/t18-,19-/m0/s1. The molecule has 0 fully saturated rings. The van der Waals surface area contributed by atoms with Gasteiger partial charge < -0.3 is 29.4 Å². The third-order valence-corrected chi connectivity index (χ3v) is 4.53. The summed E-state index contributed by atoms with van der Waals surface area (Å²) in [7, 11) is 6.20. The van der Waals surface area contributed by atoms with Gasteiger partial charge in [0, 0.05) is 11.5 Å². The Morgan fingerprint density at radius 1 is 0.828 bits per heavy atom. The summed E-state index contributed by atoms with van der Waals surface area (Å²) in [6.45, 7) is 3.56. The molecule has 0 amide bonds. The monoisotopic (exact) mass is 403 g/mol.